The van der Waals surface area contributed by atoms with Crippen LogP contribution in [0.2, 0.25) is 0 Å². The standard InChI is InChI=1S/C18H22ClN3O3/c19-14-16(17(23)13-5-4-7-20-15(13)18(14)24)21-6-2-1-3-8-22-9-11-25-12-10-22/h4-5,7,21H,1-3,6,8-12H2. The minimum Gasteiger partial charge on any atom is -0.381 e. The fourth-order valence-electron chi connectivity index (χ4n) is 3.05. The Kier molecular flexibility index (Phi) is 6.18. The van der Waals surface area contributed by atoms with Gasteiger partial charge in [-0.05, 0) is 31.5 Å². The predicted octanol–water partition coefficient (Wildman–Crippen LogP) is 2.00. The lowest BCUT2D eigenvalue weighted by molar-refractivity contribution is 0.0371. The summed E-state index contributed by atoms with van der Waals surface area (Å²) in [6.07, 6.45) is 4.56. The summed E-state index contributed by atoms with van der Waals surface area (Å²) in [5.41, 5.74) is 0.639. The second-order valence-corrected chi connectivity index (χ2v) is 6.57. The number of fused-ring (bicyclic) bond motifs is 1. The molecule has 0 saturated carbocycles. The number of morpholine rings is 1. The van der Waals surface area contributed by atoms with E-state index in [1.165, 1.54) is 6.20 Å². The Morgan fingerprint density at radius 3 is 2.76 bits per heavy atom. The third-order valence-electron chi connectivity index (χ3n) is 4.47. The molecule has 1 aliphatic carbocycles. The van der Waals surface area contributed by atoms with Crippen LogP contribution >= 0.6 is 11.6 Å². The van der Waals surface area contributed by atoms with Crippen LogP contribution in [0, 0.1) is 0 Å². The van der Waals surface area contributed by atoms with Crippen molar-refractivity contribution in [3.05, 3.63) is 40.3 Å². The molecule has 1 N–H and O–H groups in total. The normalized spacial score (nSPS) is 18.4. The van der Waals surface area contributed by atoms with Crippen LogP contribution < -0.4 is 5.32 Å². The Morgan fingerprint density at radius 1 is 1.16 bits per heavy atom. The van der Waals surface area contributed by atoms with E-state index in [2.05, 4.69) is 15.2 Å². The van der Waals surface area contributed by atoms with E-state index in [1.807, 2.05) is 0 Å². The van der Waals surface area contributed by atoms with Crippen LogP contribution in [0.1, 0.15) is 40.1 Å². The van der Waals surface area contributed by atoms with E-state index < -0.39 is 5.78 Å². The molecule has 0 aromatic carbocycles. The molecule has 2 heterocycles. The zero-order valence-corrected chi connectivity index (χ0v) is 14.8. The summed E-state index contributed by atoms with van der Waals surface area (Å²) in [6, 6.07) is 3.25. The number of halogens is 1. The summed E-state index contributed by atoms with van der Waals surface area (Å²) in [4.78, 5) is 31.1. The molecule has 0 amide bonds. The number of nitrogens with zero attached hydrogens (tertiary/aromatic N) is 2. The monoisotopic (exact) mass is 363 g/mol. The van der Waals surface area contributed by atoms with Crippen LogP contribution in [-0.2, 0) is 4.74 Å². The van der Waals surface area contributed by atoms with Gasteiger partial charge in [0.1, 0.15) is 16.4 Å². The number of carbonyl (C=O) groups is 2. The van der Waals surface area contributed by atoms with E-state index >= 15 is 0 Å². The van der Waals surface area contributed by atoms with Gasteiger partial charge in [0, 0.05) is 25.8 Å². The number of ketones is 2. The maximum absolute atomic E-state index is 12.5. The third-order valence-corrected chi connectivity index (χ3v) is 4.83. The van der Waals surface area contributed by atoms with Gasteiger partial charge in [0.15, 0.2) is 0 Å². The molecule has 1 fully saturated rings. The number of hydrogen-bond donors (Lipinski definition) is 1. The highest BCUT2D eigenvalue weighted by atomic mass is 35.5. The molecule has 0 atom stereocenters. The van der Waals surface area contributed by atoms with Gasteiger partial charge in [-0.25, -0.2) is 0 Å². The molecule has 1 aromatic rings. The number of carbonyl (C=O) groups excluding carboxylic acids is 2. The van der Waals surface area contributed by atoms with E-state index in [0.29, 0.717) is 12.1 Å². The number of ether oxygens (including phenoxy) is 1. The predicted molar refractivity (Wildman–Crippen MR) is 94.9 cm³/mol. The third kappa shape index (κ3) is 4.26. The lowest BCUT2D eigenvalue weighted by atomic mass is 9.97. The molecule has 1 saturated heterocycles. The molecule has 1 aliphatic heterocycles. The Morgan fingerprint density at radius 2 is 1.96 bits per heavy atom. The second-order valence-electron chi connectivity index (χ2n) is 6.19. The fourth-order valence-corrected chi connectivity index (χ4v) is 3.30. The van der Waals surface area contributed by atoms with Gasteiger partial charge in [-0.15, -0.1) is 0 Å². The maximum Gasteiger partial charge on any atom is 0.225 e. The van der Waals surface area contributed by atoms with Crippen molar-refractivity contribution in [3.8, 4) is 0 Å². The zero-order valence-electron chi connectivity index (χ0n) is 14.1. The van der Waals surface area contributed by atoms with E-state index in [0.717, 1.165) is 52.1 Å². The fraction of sp³-hybridized carbons (Fsp3) is 0.500. The summed E-state index contributed by atoms with van der Waals surface area (Å²) in [6.45, 7) is 5.34. The number of pyridine rings is 1. The lowest BCUT2D eigenvalue weighted by Gasteiger charge is -2.26. The summed E-state index contributed by atoms with van der Waals surface area (Å²) < 4.78 is 5.33. The molecule has 25 heavy (non-hydrogen) atoms. The van der Waals surface area contributed by atoms with Gasteiger partial charge in [0.05, 0.1) is 18.8 Å². The number of unbranched alkanes of at least 4 members (excludes halogenated alkanes) is 2. The van der Waals surface area contributed by atoms with Crippen LogP contribution in [-0.4, -0.2) is 60.8 Å². The van der Waals surface area contributed by atoms with Gasteiger partial charge >= 0.3 is 0 Å². The molecule has 0 bridgehead atoms. The number of hydrogen-bond acceptors (Lipinski definition) is 6. The first-order valence-electron chi connectivity index (χ1n) is 8.66. The minimum absolute atomic E-state index is 0.0653. The highest BCUT2D eigenvalue weighted by Crippen LogP contribution is 2.25. The zero-order chi connectivity index (χ0) is 17.6. The van der Waals surface area contributed by atoms with Gasteiger partial charge < -0.3 is 10.1 Å². The topological polar surface area (TPSA) is 71.5 Å². The molecule has 0 radical (unpaired) electrons. The highest BCUT2D eigenvalue weighted by molar-refractivity contribution is 6.49. The smallest absolute Gasteiger partial charge is 0.225 e. The van der Waals surface area contributed by atoms with E-state index in [4.69, 9.17) is 16.3 Å². The molecular weight excluding hydrogens is 342 g/mol. The Bertz CT molecular complexity index is 684. The van der Waals surface area contributed by atoms with Crippen LogP contribution in [0.5, 0.6) is 0 Å². The van der Waals surface area contributed by atoms with Gasteiger partial charge in [-0.3, -0.25) is 19.5 Å². The second kappa shape index (κ2) is 8.56. The SMILES string of the molecule is O=C1C(NCCCCCN2CCOCC2)=C(Cl)C(=O)c2ncccc21. The average molecular weight is 364 g/mol. The van der Waals surface area contributed by atoms with E-state index in [1.54, 1.807) is 12.1 Å². The largest absolute Gasteiger partial charge is 0.381 e. The quantitative estimate of drug-likeness (QED) is 0.747. The minimum atomic E-state index is -0.397. The molecule has 0 unspecified atom stereocenters. The molecular formula is C18H22ClN3O3. The number of aromatic nitrogens is 1. The Labute approximate surface area is 152 Å². The number of Topliss-reactive ketones (excluding diaryl/α,β-unsaturated/α-hetero) is 2. The molecule has 1 aromatic heterocycles. The van der Waals surface area contributed by atoms with Crippen molar-refractivity contribution in [2.24, 2.45) is 0 Å². The Hall–Kier alpha value is -1.76. The van der Waals surface area contributed by atoms with Gasteiger partial charge in [0.2, 0.25) is 11.6 Å². The van der Waals surface area contributed by atoms with Crippen LogP contribution in [0.15, 0.2) is 29.1 Å². The molecule has 3 rings (SSSR count). The molecule has 0 spiro atoms. The number of allylic oxidation sites excluding steroid dienone is 2. The summed E-state index contributed by atoms with van der Waals surface area (Å²) in [7, 11) is 0. The van der Waals surface area contributed by atoms with Gasteiger partial charge in [0.25, 0.3) is 0 Å². The van der Waals surface area contributed by atoms with Crippen molar-refractivity contribution in [1.29, 1.82) is 0 Å². The van der Waals surface area contributed by atoms with Gasteiger partial charge in [-0.1, -0.05) is 18.0 Å². The average Bonchev–Trinajstić information content (AvgIpc) is 2.66. The van der Waals surface area contributed by atoms with Gasteiger partial charge in [-0.2, -0.15) is 0 Å². The summed E-state index contributed by atoms with van der Waals surface area (Å²) in [5.74, 6) is -0.660. The van der Waals surface area contributed by atoms with Crippen molar-refractivity contribution >= 4 is 23.2 Å². The van der Waals surface area contributed by atoms with Crippen LogP contribution in [0.3, 0.4) is 0 Å². The first kappa shape index (κ1) is 18.0. The van der Waals surface area contributed by atoms with Crippen molar-refractivity contribution in [2.45, 2.75) is 19.3 Å². The Balaban J connectivity index is 1.45. The lowest BCUT2D eigenvalue weighted by Crippen LogP contribution is -2.36. The summed E-state index contributed by atoms with van der Waals surface area (Å²) >= 11 is 6.09. The molecule has 6 nitrogen and oxygen atoms in total. The van der Waals surface area contributed by atoms with Crippen LogP contribution in [0.4, 0.5) is 0 Å². The number of rotatable bonds is 7. The maximum atomic E-state index is 12.5. The molecule has 7 heteroatoms. The summed E-state index contributed by atoms with van der Waals surface area (Å²) in [5, 5.41) is 2.98. The molecule has 134 valence electrons. The van der Waals surface area contributed by atoms with Crippen LogP contribution in [0.25, 0.3) is 0 Å². The first-order chi connectivity index (χ1) is 12.2. The van der Waals surface area contributed by atoms with Crippen molar-refractivity contribution in [3.63, 3.8) is 0 Å². The van der Waals surface area contributed by atoms with E-state index in [-0.39, 0.29) is 22.2 Å². The van der Waals surface area contributed by atoms with Crippen molar-refractivity contribution < 1.29 is 14.3 Å². The van der Waals surface area contributed by atoms with Crippen molar-refractivity contribution in [2.75, 3.05) is 39.4 Å². The van der Waals surface area contributed by atoms with E-state index in [9.17, 15) is 9.59 Å². The first-order valence-corrected chi connectivity index (χ1v) is 9.04. The number of nitrogens with one attached hydrogen (secondary N) is 1. The highest BCUT2D eigenvalue weighted by Gasteiger charge is 2.32. The van der Waals surface area contributed by atoms with Crippen molar-refractivity contribution in [1.82, 2.24) is 15.2 Å². The molecule has 2 aliphatic rings.